The molecule has 6 atom stereocenters. The van der Waals surface area contributed by atoms with Gasteiger partial charge in [0.25, 0.3) is 5.91 Å². The Morgan fingerprint density at radius 2 is 1.62 bits per heavy atom. The summed E-state index contributed by atoms with van der Waals surface area (Å²) in [7, 11) is 1.58. The summed E-state index contributed by atoms with van der Waals surface area (Å²) in [6.45, 7) is 2.19. The van der Waals surface area contributed by atoms with Crippen LogP contribution in [0.3, 0.4) is 0 Å². The second-order valence-electron chi connectivity index (χ2n) is 10.6. The first-order valence-corrected chi connectivity index (χ1v) is 13.7. The van der Waals surface area contributed by atoms with Gasteiger partial charge in [0.15, 0.2) is 0 Å². The molecule has 4 heterocycles. The van der Waals surface area contributed by atoms with E-state index in [1.54, 1.807) is 41.2 Å². The molecular formula is C31H33N3O6. The Bertz CT molecular complexity index is 1350. The summed E-state index contributed by atoms with van der Waals surface area (Å²) in [6.07, 6.45) is 7.17. The van der Waals surface area contributed by atoms with Gasteiger partial charge in [-0.3, -0.25) is 14.4 Å². The van der Waals surface area contributed by atoms with Crippen LogP contribution in [-0.2, 0) is 19.1 Å². The summed E-state index contributed by atoms with van der Waals surface area (Å²) in [6, 6.07) is 14.9. The number of nitrogens with zero attached hydrogens (tertiary/aromatic N) is 3. The molecule has 9 nitrogen and oxygen atoms in total. The van der Waals surface area contributed by atoms with Crippen LogP contribution in [0.1, 0.15) is 13.3 Å². The third-order valence-corrected chi connectivity index (χ3v) is 8.62. The van der Waals surface area contributed by atoms with Crippen molar-refractivity contribution in [1.29, 1.82) is 0 Å². The molecule has 2 aromatic carbocycles. The van der Waals surface area contributed by atoms with Crippen molar-refractivity contribution >= 4 is 29.1 Å². The molecule has 2 saturated heterocycles. The third kappa shape index (κ3) is 3.87. The standard InChI is InChI=1S/C31H33N3O6/c1-3-20(19-35)34-27-30(38)33(22-12-14-23(39-2)15-13-22)18-8-16-31(27)26(29(34)37)25-24(40-31)11-7-17-32(28(25)36)21-9-5-4-6-10-21/h4-16,20,24-27,35H,3,17-19H2,1-2H3/t20-,24-,25+,26-,27?,31-/m0/s1. The van der Waals surface area contributed by atoms with Crippen LogP contribution in [0.4, 0.5) is 11.4 Å². The molecule has 0 aliphatic carbocycles. The van der Waals surface area contributed by atoms with Gasteiger partial charge in [-0.2, -0.15) is 0 Å². The van der Waals surface area contributed by atoms with Crippen LogP contribution < -0.4 is 14.5 Å². The van der Waals surface area contributed by atoms with Crippen LogP contribution in [0.15, 0.2) is 78.9 Å². The molecule has 4 aliphatic rings. The largest absolute Gasteiger partial charge is 0.497 e. The minimum Gasteiger partial charge on any atom is -0.497 e. The van der Waals surface area contributed by atoms with Gasteiger partial charge in [-0.25, -0.2) is 0 Å². The van der Waals surface area contributed by atoms with Crippen molar-refractivity contribution in [1.82, 2.24) is 4.90 Å². The van der Waals surface area contributed by atoms with E-state index in [-0.39, 0.29) is 30.9 Å². The van der Waals surface area contributed by atoms with E-state index >= 15 is 0 Å². The lowest BCUT2D eigenvalue weighted by atomic mass is 9.77. The molecule has 4 aliphatic heterocycles. The zero-order valence-electron chi connectivity index (χ0n) is 22.6. The number of rotatable bonds is 6. The Kier molecular flexibility index (Phi) is 6.72. The fourth-order valence-electron chi connectivity index (χ4n) is 6.72. The van der Waals surface area contributed by atoms with Crippen LogP contribution in [0.5, 0.6) is 5.75 Å². The molecule has 2 aromatic rings. The normalized spacial score (nSPS) is 30.1. The first-order chi connectivity index (χ1) is 19.4. The highest BCUT2D eigenvalue weighted by atomic mass is 16.5. The number of likely N-dealkylation sites (tertiary alicyclic amines) is 1. The van der Waals surface area contributed by atoms with E-state index in [2.05, 4.69) is 0 Å². The summed E-state index contributed by atoms with van der Waals surface area (Å²) in [5, 5.41) is 10.3. The van der Waals surface area contributed by atoms with E-state index in [9.17, 15) is 19.5 Å². The number of hydrogen-bond acceptors (Lipinski definition) is 6. The topological polar surface area (TPSA) is 99.6 Å². The van der Waals surface area contributed by atoms with Crippen molar-refractivity contribution in [2.75, 3.05) is 36.6 Å². The minimum atomic E-state index is -1.35. The average Bonchev–Trinajstić information content (AvgIpc) is 3.30. The molecule has 1 unspecified atom stereocenters. The van der Waals surface area contributed by atoms with E-state index in [1.165, 1.54) is 4.90 Å². The fourth-order valence-corrected chi connectivity index (χ4v) is 6.72. The van der Waals surface area contributed by atoms with Gasteiger partial charge in [0.2, 0.25) is 11.8 Å². The van der Waals surface area contributed by atoms with E-state index in [0.717, 1.165) is 5.69 Å². The van der Waals surface area contributed by atoms with Gasteiger partial charge < -0.3 is 29.3 Å². The third-order valence-electron chi connectivity index (χ3n) is 8.62. The van der Waals surface area contributed by atoms with Crippen molar-refractivity contribution in [3.05, 3.63) is 78.9 Å². The lowest BCUT2D eigenvalue weighted by molar-refractivity contribution is -0.144. The second kappa shape index (κ2) is 10.2. The molecule has 0 aromatic heterocycles. The number of para-hydroxylation sites is 1. The Morgan fingerprint density at radius 3 is 2.30 bits per heavy atom. The number of carbonyl (C=O) groups excluding carboxylic acids is 3. The fraction of sp³-hybridized carbons (Fsp3) is 0.387. The Labute approximate surface area is 233 Å². The molecule has 0 radical (unpaired) electrons. The molecule has 2 fully saturated rings. The van der Waals surface area contributed by atoms with Crippen molar-refractivity contribution in [2.45, 2.75) is 37.1 Å². The number of hydrogen-bond donors (Lipinski definition) is 1. The molecule has 1 spiro atoms. The molecule has 3 amide bonds. The van der Waals surface area contributed by atoms with E-state index in [4.69, 9.17) is 9.47 Å². The molecule has 40 heavy (non-hydrogen) atoms. The average molecular weight is 544 g/mol. The summed E-state index contributed by atoms with van der Waals surface area (Å²) < 4.78 is 12.0. The predicted molar refractivity (Wildman–Crippen MR) is 149 cm³/mol. The summed E-state index contributed by atoms with van der Waals surface area (Å²) in [5.41, 5.74) is 0.0314. The maximum Gasteiger partial charge on any atom is 0.253 e. The number of benzene rings is 2. The minimum absolute atomic E-state index is 0.217. The first-order valence-electron chi connectivity index (χ1n) is 13.7. The zero-order chi connectivity index (χ0) is 28.0. The first kappa shape index (κ1) is 26.3. The van der Waals surface area contributed by atoms with Gasteiger partial charge in [-0.1, -0.05) is 49.4 Å². The number of fused-ring (bicyclic) bond motifs is 2. The quantitative estimate of drug-likeness (QED) is 0.563. The number of anilines is 2. The molecule has 9 heteroatoms. The van der Waals surface area contributed by atoms with Crippen LogP contribution >= 0.6 is 0 Å². The summed E-state index contributed by atoms with van der Waals surface area (Å²) in [5.74, 6) is -1.95. The highest BCUT2D eigenvalue weighted by molar-refractivity contribution is 6.07. The zero-order valence-corrected chi connectivity index (χ0v) is 22.6. The van der Waals surface area contributed by atoms with Crippen LogP contribution in [-0.4, -0.2) is 78.3 Å². The van der Waals surface area contributed by atoms with Crippen LogP contribution in [0.2, 0.25) is 0 Å². The molecular weight excluding hydrogens is 510 g/mol. The van der Waals surface area contributed by atoms with Crippen molar-refractivity contribution in [3.63, 3.8) is 0 Å². The Balaban J connectivity index is 1.45. The Hall–Kier alpha value is -3.95. The maximum absolute atomic E-state index is 14.4. The lowest BCUT2D eigenvalue weighted by Crippen LogP contribution is -2.58. The monoisotopic (exact) mass is 543 g/mol. The molecule has 6 rings (SSSR count). The SMILES string of the molecule is CC[C@@H](CO)N1C(=O)[C@@H]2[C@@H]3C(=O)N(c4ccccc4)CC=C[C@@H]3O[C@@]23C=CCN(c2ccc(OC)cc2)C(=O)C13. The van der Waals surface area contributed by atoms with E-state index in [0.29, 0.717) is 24.4 Å². The van der Waals surface area contributed by atoms with E-state index < -0.39 is 35.6 Å². The number of methoxy groups -OCH3 is 1. The highest BCUT2D eigenvalue weighted by Gasteiger charge is 2.72. The second-order valence-corrected chi connectivity index (χ2v) is 10.6. The number of aliphatic hydroxyl groups excluding tert-OH is 1. The predicted octanol–water partition coefficient (Wildman–Crippen LogP) is 2.55. The molecule has 0 saturated carbocycles. The number of ether oxygens (including phenoxy) is 2. The van der Waals surface area contributed by atoms with Gasteiger partial charge in [-0.05, 0) is 42.8 Å². The maximum atomic E-state index is 14.4. The molecule has 1 N–H and O–H groups in total. The lowest BCUT2D eigenvalue weighted by Gasteiger charge is -2.38. The van der Waals surface area contributed by atoms with Gasteiger partial charge in [0.1, 0.15) is 17.4 Å². The molecule has 208 valence electrons. The van der Waals surface area contributed by atoms with Gasteiger partial charge in [0, 0.05) is 24.5 Å². The van der Waals surface area contributed by atoms with Crippen LogP contribution in [0.25, 0.3) is 0 Å². The number of amides is 3. The number of aliphatic hydroxyl groups is 1. The van der Waals surface area contributed by atoms with Crippen molar-refractivity contribution < 1.29 is 29.0 Å². The smallest absolute Gasteiger partial charge is 0.253 e. The van der Waals surface area contributed by atoms with Crippen molar-refractivity contribution in [2.24, 2.45) is 11.8 Å². The summed E-state index contributed by atoms with van der Waals surface area (Å²) >= 11 is 0. The highest BCUT2D eigenvalue weighted by Crippen LogP contribution is 2.54. The van der Waals surface area contributed by atoms with Gasteiger partial charge in [-0.15, -0.1) is 0 Å². The van der Waals surface area contributed by atoms with Crippen molar-refractivity contribution in [3.8, 4) is 5.75 Å². The van der Waals surface area contributed by atoms with E-state index in [1.807, 2.05) is 61.6 Å². The van der Waals surface area contributed by atoms with Crippen LogP contribution in [0, 0.1) is 11.8 Å². The van der Waals surface area contributed by atoms with Gasteiger partial charge >= 0.3 is 0 Å². The van der Waals surface area contributed by atoms with Gasteiger partial charge in [0.05, 0.1) is 37.7 Å². The molecule has 0 bridgehead atoms. The summed E-state index contributed by atoms with van der Waals surface area (Å²) in [4.78, 5) is 47.8. The Morgan fingerprint density at radius 1 is 0.950 bits per heavy atom. The number of carbonyl (C=O) groups is 3.